The van der Waals surface area contributed by atoms with Crippen molar-refractivity contribution in [3.05, 3.63) is 0 Å². The summed E-state index contributed by atoms with van der Waals surface area (Å²) in [5.74, 6) is 0.766. The van der Waals surface area contributed by atoms with Gasteiger partial charge in [-0.2, -0.15) is 0 Å². The van der Waals surface area contributed by atoms with E-state index in [1.54, 1.807) is 0 Å². The van der Waals surface area contributed by atoms with Gasteiger partial charge < -0.3 is 14.2 Å². The summed E-state index contributed by atoms with van der Waals surface area (Å²) in [4.78, 5) is 37.8. The van der Waals surface area contributed by atoms with Gasteiger partial charge in [0, 0.05) is 19.3 Å². The van der Waals surface area contributed by atoms with Crippen LogP contribution in [0.3, 0.4) is 0 Å². The summed E-state index contributed by atoms with van der Waals surface area (Å²) >= 11 is 0. The SMILES string of the molecule is CCCCCCCCCCCCCCCCCC(=O)O[C@H](COC(=O)CCCCCCCCCCCC(C)C)COC(=O)CCCCCCCCC(C)CC. The van der Waals surface area contributed by atoms with Crippen LogP contribution in [0, 0.1) is 11.8 Å². The van der Waals surface area contributed by atoms with Crippen molar-refractivity contribution >= 4 is 17.9 Å². The molecule has 0 spiro atoms. The fourth-order valence-electron chi connectivity index (χ4n) is 7.25. The van der Waals surface area contributed by atoms with Gasteiger partial charge in [-0.05, 0) is 31.1 Å². The van der Waals surface area contributed by atoms with E-state index in [1.807, 2.05) is 0 Å². The lowest BCUT2D eigenvalue weighted by Gasteiger charge is -2.18. The Morgan fingerprint density at radius 3 is 1.04 bits per heavy atom. The molecule has 0 aliphatic carbocycles. The van der Waals surface area contributed by atoms with Crippen LogP contribution in [-0.4, -0.2) is 37.2 Å². The van der Waals surface area contributed by atoms with E-state index in [2.05, 4.69) is 34.6 Å². The second-order valence-corrected chi connectivity index (χ2v) is 17.5. The lowest BCUT2D eigenvalue weighted by atomic mass is 10.00. The summed E-state index contributed by atoms with van der Waals surface area (Å²) in [6.45, 7) is 11.3. The summed E-state index contributed by atoms with van der Waals surface area (Å²) in [5, 5.41) is 0. The molecule has 0 fully saturated rings. The fraction of sp³-hybridized carbons (Fsp3) is 0.939. The summed E-state index contributed by atoms with van der Waals surface area (Å²) in [7, 11) is 0. The van der Waals surface area contributed by atoms with E-state index in [-0.39, 0.29) is 31.1 Å². The molecule has 0 N–H and O–H groups in total. The molecule has 0 saturated carbocycles. The van der Waals surface area contributed by atoms with Crippen LogP contribution in [0.25, 0.3) is 0 Å². The van der Waals surface area contributed by atoms with Crippen LogP contribution in [-0.2, 0) is 28.6 Å². The van der Waals surface area contributed by atoms with Crippen LogP contribution in [0.4, 0.5) is 0 Å². The summed E-state index contributed by atoms with van der Waals surface area (Å²) in [6, 6.07) is 0. The van der Waals surface area contributed by atoms with Crippen LogP contribution < -0.4 is 0 Å². The van der Waals surface area contributed by atoms with Crippen molar-refractivity contribution in [3.8, 4) is 0 Å². The molecule has 6 nitrogen and oxygen atoms in total. The summed E-state index contributed by atoms with van der Waals surface area (Å²) < 4.78 is 16.7. The standard InChI is InChI=1S/C49H94O6/c1-6-8-9-10-11-12-13-14-15-16-17-20-24-31-36-41-49(52)55-46(43-54-48(51)40-35-30-26-25-28-33-38-45(5)7-2)42-53-47(50)39-34-29-23-21-18-19-22-27-32-37-44(3)4/h44-46H,6-43H2,1-5H3/t45?,46-/m1/s1. The highest BCUT2D eigenvalue weighted by Crippen LogP contribution is 2.17. The Balaban J connectivity index is 4.32. The van der Waals surface area contributed by atoms with Crippen molar-refractivity contribution in [3.63, 3.8) is 0 Å². The van der Waals surface area contributed by atoms with Crippen LogP contribution in [0.1, 0.15) is 266 Å². The number of carbonyl (C=O) groups excluding carboxylic acids is 3. The topological polar surface area (TPSA) is 78.9 Å². The highest BCUT2D eigenvalue weighted by Gasteiger charge is 2.19. The van der Waals surface area contributed by atoms with Gasteiger partial charge in [0.05, 0.1) is 0 Å². The lowest BCUT2D eigenvalue weighted by molar-refractivity contribution is -0.167. The van der Waals surface area contributed by atoms with E-state index in [0.717, 1.165) is 69.6 Å². The number of esters is 3. The van der Waals surface area contributed by atoms with Crippen molar-refractivity contribution in [2.24, 2.45) is 11.8 Å². The quantitative estimate of drug-likeness (QED) is 0.0348. The summed E-state index contributed by atoms with van der Waals surface area (Å²) in [5.41, 5.74) is 0. The molecule has 326 valence electrons. The second-order valence-electron chi connectivity index (χ2n) is 17.5. The number of ether oxygens (including phenoxy) is 3. The van der Waals surface area contributed by atoms with E-state index < -0.39 is 6.10 Å². The number of rotatable bonds is 43. The smallest absolute Gasteiger partial charge is 0.306 e. The van der Waals surface area contributed by atoms with Crippen LogP contribution in [0.5, 0.6) is 0 Å². The third kappa shape index (κ3) is 41.9. The fourth-order valence-corrected chi connectivity index (χ4v) is 7.25. The molecule has 0 bridgehead atoms. The molecule has 0 aromatic carbocycles. The van der Waals surface area contributed by atoms with E-state index in [1.165, 1.54) is 154 Å². The van der Waals surface area contributed by atoms with Gasteiger partial charge in [-0.3, -0.25) is 14.4 Å². The third-order valence-electron chi connectivity index (χ3n) is 11.3. The molecule has 0 aliphatic heterocycles. The van der Waals surface area contributed by atoms with E-state index in [4.69, 9.17) is 14.2 Å². The normalized spacial score (nSPS) is 12.5. The largest absolute Gasteiger partial charge is 0.462 e. The van der Waals surface area contributed by atoms with Crippen molar-refractivity contribution in [2.45, 2.75) is 272 Å². The molecule has 0 radical (unpaired) electrons. The van der Waals surface area contributed by atoms with E-state index in [9.17, 15) is 14.4 Å². The monoisotopic (exact) mass is 779 g/mol. The molecule has 1 unspecified atom stereocenters. The minimum atomic E-state index is -0.761. The molecule has 55 heavy (non-hydrogen) atoms. The molecule has 0 rings (SSSR count). The minimum Gasteiger partial charge on any atom is -0.462 e. The van der Waals surface area contributed by atoms with E-state index in [0.29, 0.717) is 19.3 Å². The molecule has 0 aromatic rings. The van der Waals surface area contributed by atoms with Crippen LogP contribution >= 0.6 is 0 Å². The number of hydrogen-bond donors (Lipinski definition) is 0. The van der Waals surface area contributed by atoms with Crippen molar-refractivity contribution in [1.29, 1.82) is 0 Å². The molecule has 0 saturated heterocycles. The maximum atomic E-state index is 12.7. The number of carbonyl (C=O) groups is 3. The van der Waals surface area contributed by atoms with Crippen molar-refractivity contribution < 1.29 is 28.6 Å². The maximum Gasteiger partial charge on any atom is 0.306 e. The Hall–Kier alpha value is -1.59. The summed E-state index contributed by atoms with van der Waals surface area (Å²) in [6.07, 6.45) is 40.9. The first-order valence-corrected chi connectivity index (χ1v) is 24.3. The Morgan fingerprint density at radius 1 is 0.382 bits per heavy atom. The predicted octanol–water partition coefficient (Wildman–Crippen LogP) is 15.4. The zero-order chi connectivity index (χ0) is 40.5. The van der Waals surface area contributed by atoms with Crippen LogP contribution in [0.15, 0.2) is 0 Å². The Kier molecular flexibility index (Phi) is 40.8. The van der Waals surface area contributed by atoms with Gasteiger partial charge in [-0.15, -0.1) is 0 Å². The number of hydrogen-bond acceptors (Lipinski definition) is 6. The van der Waals surface area contributed by atoms with Crippen molar-refractivity contribution in [2.75, 3.05) is 13.2 Å². The molecule has 6 heteroatoms. The molecule has 0 heterocycles. The first-order chi connectivity index (χ1) is 26.8. The lowest BCUT2D eigenvalue weighted by Crippen LogP contribution is -2.30. The molecule has 0 amide bonds. The van der Waals surface area contributed by atoms with Crippen molar-refractivity contribution in [1.82, 2.24) is 0 Å². The van der Waals surface area contributed by atoms with Gasteiger partial charge in [0.2, 0.25) is 0 Å². The second kappa shape index (κ2) is 42.0. The first-order valence-electron chi connectivity index (χ1n) is 24.3. The Bertz CT molecular complexity index is 841. The average molecular weight is 779 g/mol. The number of unbranched alkanes of at least 4 members (excludes halogenated alkanes) is 27. The zero-order valence-corrected chi connectivity index (χ0v) is 37.6. The van der Waals surface area contributed by atoms with E-state index >= 15 is 0 Å². The van der Waals surface area contributed by atoms with Gasteiger partial charge in [-0.25, -0.2) is 0 Å². The highest BCUT2D eigenvalue weighted by atomic mass is 16.6. The van der Waals surface area contributed by atoms with Gasteiger partial charge >= 0.3 is 17.9 Å². The van der Waals surface area contributed by atoms with Gasteiger partial charge in [0.15, 0.2) is 6.10 Å². The minimum absolute atomic E-state index is 0.0653. The molecule has 0 aromatic heterocycles. The average Bonchev–Trinajstić information content (AvgIpc) is 3.17. The Labute approximate surface area is 342 Å². The van der Waals surface area contributed by atoms with Gasteiger partial charge in [0.25, 0.3) is 0 Å². The molecular formula is C49H94O6. The maximum absolute atomic E-state index is 12.7. The molecular weight excluding hydrogens is 685 g/mol. The zero-order valence-electron chi connectivity index (χ0n) is 37.6. The third-order valence-corrected chi connectivity index (χ3v) is 11.3. The molecule has 2 atom stereocenters. The Morgan fingerprint density at radius 2 is 0.691 bits per heavy atom. The first kappa shape index (κ1) is 53.4. The predicted molar refractivity (Wildman–Crippen MR) is 233 cm³/mol. The van der Waals surface area contributed by atoms with Gasteiger partial charge in [-0.1, -0.05) is 227 Å². The van der Waals surface area contributed by atoms with Gasteiger partial charge in [0.1, 0.15) is 13.2 Å². The van der Waals surface area contributed by atoms with Crippen LogP contribution in [0.2, 0.25) is 0 Å². The molecule has 0 aliphatic rings. The highest BCUT2D eigenvalue weighted by molar-refractivity contribution is 5.71.